The molecule has 1 saturated heterocycles. The fourth-order valence-electron chi connectivity index (χ4n) is 2.41. The van der Waals surface area contributed by atoms with E-state index in [1.165, 1.54) is 0 Å². The van der Waals surface area contributed by atoms with Gasteiger partial charge in [-0.3, -0.25) is 0 Å². The fourth-order valence-corrected chi connectivity index (χ4v) is 5.92. The zero-order chi connectivity index (χ0) is 15.5. The van der Waals surface area contributed by atoms with Gasteiger partial charge in [-0.05, 0) is 59.3 Å². The third kappa shape index (κ3) is 4.01. The number of nitrogens with one attached hydrogen (secondary N) is 1. The third-order valence-electron chi connectivity index (χ3n) is 3.46. The number of rotatable bonds is 4. The summed E-state index contributed by atoms with van der Waals surface area (Å²) in [6.45, 7) is 3.79. The SMILES string of the molecule is CNCc1cc(C)c(Br)c(S(=O)(=O)N2CCCSCC2)c1. The lowest BCUT2D eigenvalue weighted by Gasteiger charge is -2.21. The first-order valence-electron chi connectivity index (χ1n) is 6.98. The van der Waals surface area contributed by atoms with E-state index >= 15 is 0 Å². The molecule has 21 heavy (non-hydrogen) atoms. The summed E-state index contributed by atoms with van der Waals surface area (Å²) in [4.78, 5) is 0.389. The molecule has 2 rings (SSSR count). The molecule has 1 aliphatic heterocycles. The van der Waals surface area contributed by atoms with Crippen molar-refractivity contribution >= 4 is 37.7 Å². The zero-order valence-electron chi connectivity index (χ0n) is 12.4. The summed E-state index contributed by atoms with van der Waals surface area (Å²) in [5.41, 5.74) is 1.94. The van der Waals surface area contributed by atoms with Gasteiger partial charge in [-0.2, -0.15) is 16.1 Å². The molecule has 1 heterocycles. The van der Waals surface area contributed by atoms with E-state index in [1.807, 2.05) is 31.8 Å². The summed E-state index contributed by atoms with van der Waals surface area (Å²) in [7, 11) is -1.58. The van der Waals surface area contributed by atoms with Crippen LogP contribution in [-0.2, 0) is 16.6 Å². The molecule has 0 spiro atoms. The molecule has 0 saturated carbocycles. The summed E-state index contributed by atoms with van der Waals surface area (Å²) >= 11 is 5.28. The molecule has 0 aliphatic carbocycles. The second-order valence-electron chi connectivity index (χ2n) is 5.13. The standard InChI is InChI=1S/C14H21BrN2O2S2/c1-11-8-12(10-16-2)9-13(14(11)15)21(18,19)17-4-3-6-20-7-5-17/h8-9,16H,3-7,10H2,1-2H3. The fraction of sp³-hybridized carbons (Fsp3) is 0.571. The Morgan fingerprint density at radius 3 is 2.81 bits per heavy atom. The molecule has 1 aliphatic rings. The number of aryl methyl sites for hydroxylation is 1. The number of hydrogen-bond donors (Lipinski definition) is 1. The minimum Gasteiger partial charge on any atom is -0.316 e. The first-order valence-corrected chi connectivity index (χ1v) is 10.4. The Morgan fingerprint density at radius 1 is 1.33 bits per heavy atom. The van der Waals surface area contributed by atoms with Gasteiger partial charge in [0.25, 0.3) is 0 Å². The van der Waals surface area contributed by atoms with Crippen LogP contribution in [0.25, 0.3) is 0 Å². The van der Waals surface area contributed by atoms with Crippen LogP contribution < -0.4 is 5.32 Å². The molecule has 1 fully saturated rings. The summed E-state index contributed by atoms with van der Waals surface area (Å²) in [5, 5.41) is 3.07. The van der Waals surface area contributed by atoms with E-state index in [0.717, 1.165) is 29.1 Å². The van der Waals surface area contributed by atoms with Crippen molar-refractivity contribution in [3.05, 3.63) is 27.7 Å². The minimum absolute atomic E-state index is 0.389. The Kier molecular flexibility index (Phi) is 6.14. The van der Waals surface area contributed by atoms with Crippen LogP contribution in [0, 0.1) is 6.92 Å². The molecule has 1 aromatic rings. The molecule has 7 heteroatoms. The van der Waals surface area contributed by atoms with Crippen molar-refractivity contribution in [2.24, 2.45) is 0 Å². The van der Waals surface area contributed by atoms with Crippen molar-refractivity contribution in [3.8, 4) is 0 Å². The zero-order valence-corrected chi connectivity index (χ0v) is 15.6. The molecular formula is C14H21BrN2O2S2. The van der Waals surface area contributed by atoms with Crippen LogP contribution >= 0.6 is 27.7 Å². The van der Waals surface area contributed by atoms with Gasteiger partial charge in [0.1, 0.15) is 0 Å². The predicted octanol–water partition coefficient (Wildman–Crippen LogP) is 2.60. The van der Waals surface area contributed by atoms with E-state index in [1.54, 1.807) is 10.4 Å². The maximum atomic E-state index is 12.9. The molecule has 0 amide bonds. The molecule has 0 aromatic heterocycles. The number of thioether (sulfide) groups is 1. The van der Waals surface area contributed by atoms with Crippen LogP contribution in [0.5, 0.6) is 0 Å². The van der Waals surface area contributed by atoms with Gasteiger partial charge >= 0.3 is 0 Å². The summed E-state index contributed by atoms with van der Waals surface area (Å²) in [5.74, 6) is 1.90. The number of halogens is 1. The molecule has 0 unspecified atom stereocenters. The number of nitrogens with zero attached hydrogens (tertiary/aromatic N) is 1. The van der Waals surface area contributed by atoms with Gasteiger partial charge in [-0.25, -0.2) is 8.42 Å². The van der Waals surface area contributed by atoms with E-state index in [4.69, 9.17) is 0 Å². The Hall–Kier alpha value is -0.0800. The minimum atomic E-state index is -3.43. The van der Waals surface area contributed by atoms with Gasteiger partial charge < -0.3 is 5.32 Å². The highest BCUT2D eigenvalue weighted by molar-refractivity contribution is 9.10. The number of hydrogen-bond acceptors (Lipinski definition) is 4. The van der Waals surface area contributed by atoms with Gasteiger partial charge in [-0.1, -0.05) is 6.07 Å². The molecular weight excluding hydrogens is 372 g/mol. The van der Waals surface area contributed by atoms with Crippen LogP contribution in [0.2, 0.25) is 0 Å². The number of benzene rings is 1. The van der Waals surface area contributed by atoms with Gasteiger partial charge in [0.15, 0.2) is 0 Å². The van der Waals surface area contributed by atoms with E-state index < -0.39 is 10.0 Å². The lowest BCUT2D eigenvalue weighted by atomic mass is 10.1. The Labute approximate surface area is 139 Å². The van der Waals surface area contributed by atoms with Gasteiger partial charge in [0, 0.05) is 29.9 Å². The van der Waals surface area contributed by atoms with Crippen molar-refractivity contribution < 1.29 is 8.42 Å². The molecule has 1 aromatic carbocycles. The van der Waals surface area contributed by atoms with Crippen molar-refractivity contribution in [3.63, 3.8) is 0 Å². The van der Waals surface area contributed by atoms with Crippen molar-refractivity contribution in [1.82, 2.24) is 9.62 Å². The van der Waals surface area contributed by atoms with Crippen LogP contribution in [0.15, 0.2) is 21.5 Å². The first kappa shape index (κ1) is 17.3. The summed E-state index contributed by atoms with van der Waals surface area (Å²) < 4.78 is 28.2. The number of sulfonamides is 1. The topological polar surface area (TPSA) is 49.4 Å². The van der Waals surface area contributed by atoms with Crippen molar-refractivity contribution in [1.29, 1.82) is 0 Å². The van der Waals surface area contributed by atoms with E-state index in [-0.39, 0.29) is 0 Å². The van der Waals surface area contributed by atoms with Crippen LogP contribution in [0.1, 0.15) is 17.5 Å². The predicted molar refractivity (Wildman–Crippen MR) is 92.3 cm³/mol. The third-order valence-corrected chi connectivity index (χ3v) is 7.75. The average molecular weight is 393 g/mol. The van der Waals surface area contributed by atoms with E-state index in [0.29, 0.717) is 29.0 Å². The molecule has 0 bridgehead atoms. The first-order chi connectivity index (χ1) is 9.96. The van der Waals surface area contributed by atoms with E-state index in [2.05, 4.69) is 21.2 Å². The molecule has 118 valence electrons. The highest BCUT2D eigenvalue weighted by Gasteiger charge is 2.28. The molecule has 0 atom stereocenters. The maximum absolute atomic E-state index is 12.9. The highest BCUT2D eigenvalue weighted by Crippen LogP contribution is 2.30. The Bertz CT molecular complexity index is 597. The molecule has 4 nitrogen and oxygen atoms in total. The molecule has 0 radical (unpaired) electrons. The van der Waals surface area contributed by atoms with Gasteiger partial charge in [0.05, 0.1) is 4.90 Å². The van der Waals surface area contributed by atoms with Crippen LogP contribution in [-0.4, -0.2) is 44.4 Å². The van der Waals surface area contributed by atoms with Gasteiger partial charge in [-0.15, -0.1) is 0 Å². The second-order valence-corrected chi connectivity index (χ2v) is 9.05. The second kappa shape index (κ2) is 7.46. The molecule has 1 N–H and O–H groups in total. The largest absolute Gasteiger partial charge is 0.316 e. The van der Waals surface area contributed by atoms with Crippen LogP contribution in [0.3, 0.4) is 0 Å². The van der Waals surface area contributed by atoms with E-state index in [9.17, 15) is 8.42 Å². The summed E-state index contributed by atoms with van der Waals surface area (Å²) in [6.07, 6.45) is 0.913. The lowest BCUT2D eigenvalue weighted by molar-refractivity contribution is 0.434. The monoisotopic (exact) mass is 392 g/mol. The smallest absolute Gasteiger partial charge is 0.244 e. The van der Waals surface area contributed by atoms with Crippen LogP contribution in [0.4, 0.5) is 0 Å². The Balaban J connectivity index is 2.42. The summed E-state index contributed by atoms with van der Waals surface area (Å²) in [6, 6.07) is 3.79. The maximum Gasteiger partial charge on any atom is 0.244 e. The Morgan fingerprint density at radius 2 is 2.10 bits per heavy atom. The lowest BCUT2D eigenvalue weighted by Crippen LogP contribution is -2.33. The van der Waals surface area contributed by atoms with Crippen molar-refractivity contribution in [2.75, 3.05) is 31.6 Å². The van der Waals surface area contributed by atoms with Crippen molar-refractivity contribution in [2.45, 2.75) is 24.8 Å². The van der Waals surface area contributed by atoms with Gasteiger partial charge in [0.2, 0.25) is 10.0 Å². The average Bonchev–Trinajstić information content (AvgIpc) is 2.72. The quantitative estimate of drug-likeness (QED) is 0.855. The highest BCUT2D eigenvalue weighted by atomic mass is 79.9. The normalized spacial score (nSPS) is 17.7.